The average molecular weight is 352 g/mol. The molecule has 5 heteroatoms. The largest absolute Gasteiger partial charge is 0.494 e. The van der Waals surface area contributed by atoms with E-state index >= 15 is 0 Å². The summed E-state index contributed by atoms with van der Waals surface area (Å²) in [6.45, 7) is 6.68. The maximum atomic E-state index is 12.1. The maximum Gasteiger partial charge on any atom is 0.250 e. The van der Waals surface area contributed by atoms with E-state index in [0.29, 0.717) is 11.7 Å². The number of anilines is 1. The van der Waals surface area contributed by atoms with Crippen LogP contribution in [0, 0.1) is 13.8 Å². The van der Waals surface area contributed by atoms with Gasteiger partial charge in [-0.2, -0.15) is 0 Å². The molecule has 0 aliphatic heterocycles. The summed E-state index contributed by atoms with van der Waals surface area (Å²) in [6, 6.07) is 11.8. The van der Waals surface area contributed by atoms with Crippen LogP contribution in [0.15, 0.2) is 42.5 Å². The lowest BCUT2D eigenvalue weighted by molar-refractivity contribution is -0.111. The third-order valence-corrected chi connectivity index (χ3v) is 4.60. The number of thiazole rings is 1. The molecular weight excluding hydrogens is 332 g/mol. The van der Waals surface area contributed by atoms with E-state index < -0.39 is 0 Å². The number of nitrogens with one attached hydrogen (secondary N) is 1. The predicted octanol–water partition coefficient (Wildman–Crippen LogP) is 4.96. The van der Waals surface area contributed by atoms with Crippen molar-refractivity contribution < 1.29 is 9.53 Å². The zero-order valence-corrected chi connectivity index (χ0v) is 15.3. The molecule has 3 rings (SSSR count). The lowest BCUT2D eigenvalue weighted by atomic mass is 10.1. The Morgan fingerprint density at radius 1 is 1.24 bits per heavy atom. The van der Waals surface area contributed by atoms with Crippen molar-refractivity contribution in [3.8, 4) is 5.75 Å². The number of hydrogen-bond acceptors (Lipinski definition) is 4. The summed E-state index contributed by atoms with van der Waals surface area (Å²) in [4.78, 5) is 16.6. The van der Waals surface area contributed by atoms with E-state index in [1.807, 2.05) is 38.1 Å². The Morgan fingerprint density at radius 2 is 2.00 bits per heavy atom. The van der Waals surface area contributed by atoms with Crippen LogP contribution in [0.2, 0.25) is 0 Å². The molecule has 0 radical (unpaired) electrons. The van der Waals surface area contributed by atoms with Crippen LogP contribution in [-0.4, -0.2) is 17.5 Å². The Bertz CT molecular complexity index is 927. The molecule has 0 saturated carbocycles. The minimum absolute atomic E-state index is 0.192. The van der Waals surface area contributed by atoms with Crippen molar-refractivity contribution in [3.05, 3.63) is 59.2 Å². The lowest BCUT2D eigenvalue weighted by Gasteiger charge is -2.02. The van der Waals surface area contributed by atoms with Crippen LogP contribution in [0.4, 0.5) is 5.13 Å². The van der Waals surface area contributed by atoms with Crippen molar-refractivity contribution in [2.45, 2.75) is 20.8 Å². The van der Waals surface area contributed by atoms with Gasteiger partial charge >= 0.3 is 0 Å². The van der Waals surface area contributed by atoms with Crippen LogP contribution in [0.5, 0.6) is 5.75 Å². The Balaban J connectivity index is 1.68. The minimum Gasteiger partial charge on any atom is -0.494 e. The van der Waals surface area contributed by atoms with E-state index in [0.717, 1.165) is 27.1 Å². The molecular formula is C20H20N2O2S. The van der Waals surface area contributed by atoms with Gasteiger partial charge in [-0.05, 0) is 61.7 Å². The fourth-order valence-corrected chi connectivity index (χ4v) is 3.63. The molecule has 0 atom stereocenters. The Morgan fingerprint density at radius 3 is 2.72 bits per heavy atom. The number of aromatic nitrogens is 1. The second kappa shape index (κ2) is 7.49. The molecule has 0 saturated heterocycles. The summed E-state index contributed by atoms with van der Waals surface area (Å²) in [7, 11) is 0. The van der Waals surface area contributed by atoms with Gasteiger partial charge < -0.3 is 4.74 Å². The SMILES string of the molecule is CCOc1ccc(/C=C/C(=O)Nc2nc3c(C)cc(C)cc3s2)cc1. The second-order valence-electron chi connectivity index (χ2n) is 5.77. The van der Waals surface area contributed by atoms with Crippen molar-refractivity contribution in [3.63, 3.8) is 0 Å². The molecule has 3 aromatic rings. The quantitative estimate of drug-likeness (QED) is 0.660. The van der Waals surface area contributed by atoms with Gasteiger partial charge in [0.2, 0.25) is 5.91 Å². The first-order valence-corrected chi connectivity index (χ1v) is 8.96. The topological polar surface area (TPSA) is 51.2 Å². The number of nitrogens with zero attached hydrogens (tertiary/aromatic N) is 1. The van der Waals surface area contributed by atoms with Crippen LogP contribution in [0.25, 0.3) is 16.3 Å². The number of amides is 1. The molecule has 128 valence electrons. The van der Waals surface area contributed by atoms with E-state index in [4.69, 9.17) is 4.74 Å². The number of fused-ring (bicyclic) bond motifs is 1. The van der Waals surface area contributed by atoms with Crippen LogP contribution in [-0.2, 0) is 4.79 Å². The number of aryl methyl sites for hydroxylation is 2. The Hall–Kier alpha value is -2.66. The average Bonchev–Trinajstić information content (AvgIpc) is 2.97. The number of ether oxygens (including phenoxy) is 1. The molecule has 0 bridgehead atoms. The van der Waals surface area contributed by atoms with Crippen LogP contribution in [0.1, 0.15) is 23.6 Å². The van der Waals surface area contributed by atoms with Crippen molar-refractivity contribution >= 4 is 38.7 Å². The van der Waals surface area contributed by atoms with Gasteiger partial charge in [0.25, 0.3) is 0 Å². The zero-order valence-electron chi connectivity index (χ0n) is 14.5. The molecule has 0 aliphatic rings. The van der Waals surface area contributed by atoms with Gasteiger partial charge in [0.05, 0.1) is 16.8 Å². The van der Waals surface area contributed by atoms with Crippen LogP contribution in [0.3, 0.4) is 0 Å². The highest BCUT2D eigenvalue weighted by molar-refractivity contribution is 7.22. The number of benzene rings is 2. The van der Waals surface area contributed by atoms with E-state index in [2.05, 4.69) is 29.4 Å². The molecule has 1 aromatic heterocycles. The van der Waals surface area contributed by atoms with E-state index in [-0.39, 0.29) is 5.91 Å². The molecule has 25 heavy (non-hydrogen) atoms. The third-order valence-electron chi connectivity index (χ3n) is 3.68. The van der Waals surface area contributed by atoms with Crippen molar-refractivity contribution in [2.24, 2.45) is 0 Å². The van der Waals surface area contributed by atoms with E-state index in [1.165, 1.54) is 23.0 Å². The Labute approximate surface area is 151 Å². The summed E-state index contributed by atoms with van der Waals surface area (Å²) in [5, 5.41) is 3.45. The van der Waals surface area contributed by atoms with Crippen molar-refractivity contribution in [1.82, 2.24) is 4.98 Å². The first-order chi connectivity index (χ1) is 12.0. The lowest BCUT2D eigenvalue weighted by Crippen LogP contribution is -2.07. The van der Waals surface area contributed by atoms with Gasteiger partial charge in [0.1, 0.15) is 5.75 Å². The first-order valence-electron chi connectivity index (χ1n) is 8.15. The fourth-order valence-electron chi connectivity index (χ4n) is 2.58. The zero-order chi connectivity index (χ0) is 17.8. The van der Waals surface area contributed by atoms with Crippen LogP contribution < -0.4 is 10.1 Å². The summed E-state index contributed by atoms with van der Waals surface area (Å²) in [5.41, 5.74) is 4.20. The maximum absolute atomic E-state index is 12.1. The molecule has 0 spiro atoms. The van der Waals surface area contributed by atoms with Crippen molar-refractivity contribution in [1.29, 1.82) is 0 Å². The molecule has 1 heterocycles. The van der Waals surface area contributed by atoms with Crippen LogP contribution >= 0.6 is 11.3 Å². The van der Waals surface area contributed by atoms with Gasteiger partial charge in [0.15, 0.2) is 5.13 Å². The minimum atomic E-state index is -0.192. The van der Waals surface area contributed by atoms with E-state index in [1.54, 1.807) is 6.08 Å². The molecule has 0 fully saturated rings. The summed E-state index contributed by atoms with van der Waals surface area (Å²) in [5.74, 6) is 0.631. The molecule has 1 N–H and O–H groups in total. The van der Waals surface area contributed by atoms with Gasteiger partial charge in [-0.15, -0.1) is 0 Å². The molecule has 4 nitrogen and oxygen atoms in total. The normalized spacial score (nSPS) is 11.2. The van der Waals surface area contributed by atoms with E-state index in [9.17, 15) is 4.79 Å². The smallest absolute Gasteiger partial charge is 0.250 e. The molecule has 2 aromatic carbocycles. The number of carbonyl (C=O) groups is 1. The first kappa shape index (κ1) is 17.2. The highest BCUT2D eigenvalue weighted by atomic mass is 32.1. The number of carbonyl (C=O) groups excluding carboxylic acids is 1. The number of hydrogen-bond donors (Lipinski definition) is 1. The standard InChI is InChI=1S/C20H20N2O2S/c1-4-24-16-8-5-15(6-9-16)7-10-18(23)21-20-22-19-14(3)11-13(2)12-17(19)25-20/h5-12H,4H2,1-3H3,(H,21,22,23)/b10-7+. The summed E-state index contributed by atoms with van der Waals surface area (Å²) in [6.07, 6.45) is 3.29. The third kappa shape index (κ3) is 4.25. The number of rotatable bonds is 5. The molecule has 0 unspecified atom stereocenters. The Kier molecular flexibility index (Phi) is 5.14. The highest BCUT2D eigenvalue weighted by Gasteiger charge is 2.08. The monoisotopic (exact) mass is 352 g/mol. The molecule has 0 aliphatic carbocycles. The van der Waals surface area contributed by atoms with Gasteiger partial charge in [-0.3, -0.25) is 10.1 Å². The molecule has 1 amide bonds. The fraction of sp³-hybridized carbons (Fsp3) is 0.200. The van der Waals surface area contributed by atoms with Crippen molar-refractivity contribution in [2.75, 3.05) is 11.9 Å². The summed E-state index contributed by atoms with van der Waals surface area (Å²) < 4.78 is 6.49. The van der Waals surface area contributed by atoms with Gasteiger partial charge in [-0.25, -0.2) is 4.98 Å². The van der Waals surface area contributed by atoms with Gasteiger partial charge in [-0.1, -0.05) is 29.5 Å². The van der Waals surface area contributed by atoms with Gasteiger partial charge in [0, 0.05) is 6.08 Å². The summed E-state index contributed by atoms with van der Waals surface area (Å²) >= 11 is 1.49. The predicted molar refractivity (Wildman–Crippen MR) is 104 cm³/mol. The highest BCUT2D eigenvalue weighted by Crippen LogP contribution is 2.29. The second-order valence-corrected chi connectivity index (χ2v) is 6.80.